The first-order valence-corrected chi connectivity index (χ1v) is 11.0. The Labute approximate surface area is 184 Å². The van der Waals surface area contributed by atoms with Gasteiger partial charge in [0.05, 0.1) is 13.2 Å². The predicted octanol–water partition coefficient (Wildman–Crippen LogP) is 2.88. The van der Waals surface area contributed by atoms with E-state index in [0.29, 0.717) is 25.4 Å². The first-order valence-electron chi connectivity index (χ1n) is 11.0. The van der Waals surface area contributed by atoms with Gasteiger partial charge in [-0.25, -0.2) is 4.79 Å². The third-order valence-electron chi connectivity index (χ3n) is 5.79. The number of hydrogen-bond donors (Lipinski definition) is 3. The molecule has 2 atom stereocenters. The largest absolute Gasteiger partial charge is 0.497 e. The second-order valence-electron chi connectivity index (χ2n) is 8.42. The summed E-state index contributed by atoms with van der Waals surface area (Å²) in [7, 11) is 3.59. The van der Waals surface area contributed by atoms with Crippen molar-refractivity contribution < 1.29 is 14.3 Å². The van der Waals surface area contributed by atoms with Gasteiger partial charge in [0, 0.05) is 19.1 Å². The van der Waals surface area contributed by atoms with Crippen LogP contribution < -0.4 is 20.7 Å². The monoisotopic (exact) mass is 426 g/mol. The van der Waals surface area contributed by atoms with Crippen LogP contribution >= 0.6 is 0 Å². The molecule has 0 aliphatic heterocycles. The lowest BCUT2D eigenvalue weighted by Gasteiger charge is -2.33. The highest BCUT2D eigenvalue weighted by Crippen LogP contribution is 2.30. The van der Waals surface area contributed by atoms with Crippen LogP contribution in [-0.4, -0.2) is 56.7 Å². The van der Waals surface area contributed by atoms with Gasteiger partial charge in [0.2, 0.25) is 6.41 Å². The Kier molecular flexibility index (Phi) is 8.12. The average molecular weight is 427 g/mol. The standard InChI is InChI=1S/C24H34N4O3/c1-17(13-25-2)10-22(15-26-16-29)28(21-7-8-21)24(30)27-14-18-4-5-19-6-9-23(31-3)12-20(19)11-18/h4-6,9,11-12,16-17,21-22,25H,7-8,10,13-15H2,1-3H3,(H,26,29)(H,27,30). The zero-order chi connectivity index (χ0) is 22.2. The Balaban J connectivity index is 1.69. The summed E-state index contributed by atoms with van der Waals surface area (Å²) < 4.78 is 5.32. The molecule has 0 saturated heterocycles. The maximum absolute atomic E-state index is 13.2. The molecule has 31 heavy (non-hydrogen) atoms. The van der Waals surface area contributed by atoms with Crippen LogP contribution in [-0.2, 0) is 11.3 Å². The number of ether oxygens (including phenoxy) is 1. The number of methoxy groups -OCH3 is 1. The normalized spacial score (nSPS) is 15.2. The zero-order valence-corrected chi connectivity index (χ0v) is 18.7. The second-order valence-corrected chi connectivity index (χ2v) is 8.42. The van der Waals surface area contributed by atoms with Gasteiger partial charge in [-0.15, -0.1) is 0 Å². The van der Waals surface area contributed by atoms with Gasteiger partial charge in [0.1, 0.15) is 5.75 Å². The smallest absolute Gasteiger partial charge is 0.318 e. The van der Waals surface area contributed by atoms with Gasteiger partial charge in [-0.2, -0.15) is 0 Å². The van der Waals surface area contributed by atoms with Gasteiger partial charge < -0.3 is 25.6 Å². The Morgan fingerprint density at radius 1 is 1.19 bits per heavy atom. The van der Waals surface area contributed by atoms with Crippen molar-refractivity contribution in [1.82, 2.24) is 20.9 Å². The van der Waals surface area contributed by atoms with Gasteiger partial charge in [-0.05, 0) is 73.3 Å². The van der Waals surface area contributed by atoms with E-state index in [9.17, 15) is 9.59 Å². The van der Waals surface area contributed by atoms with Crippen LogP contribution in [0.5, 0.6) is 5.75 Å². The number of carbonyl (C=O) groups is 2. The van der Waals surface area contributed by atoms with Crippen LogP contribution in [0.2, 0.25) is 0 Å². The maximum Gasteiger partial charge on any atom is 0.318 e. The molecule has 0 radical (unpaired) electrons. The van der Waals surface area contributed by atoms with E-state index in [1.54, 1.807) is 7.11 Å². The van der Waals surface area contributed by atoms with Crippen LogP contribution in [0.4, 0.5) is 4.79 Å². The Morgan fingerprint density at radius 2 is 1.97 bits per heavy atom. The summed E-state index contributed by atoms with van der Waals surface area (Å²) in [5, 5.41) is 11.3. The van der Waals surface area contributed by atoms with E-state index in [4.69, 9.17) is 4.74 Å². The quantitative estimate of drug-likeness (QED) is 0.456. The molecule has 1 fully saturated rings. The van der Waals surface area contributed by atoms with Crippen molar-refractivity contribution in [3.63, 3.8) is 0 Å². The summed E-state index contributed by atoms with van der Waals surface area (Å²) in [4.78, 5) is 26.0. The Hall–Kier alpha value is -2.80. The van der Waals surface area contributed by atoms with Crippen molar-refractivity contribution >= 4 is 23.2 Å². The van der Waals surface area contributed by atoms with Crippen LogP contribution in [0.25, 0.3) is 10.8 Å². The van der Waals surface area contributed by atoms with Crippen molar-refractivity contribution in [3.05, 3.63) is 42.0 Å². The fourth-order valence-corrected chi connectivity index (χ4v) is 4.14. The fraction of sp³-hybridized carbons (Fsp3) is 0.500. The molecule has 1 aliphatic carbocycles. The molecule has 0 aromatic heterocycles. The molecule has 3 amide bonds. The molecular weight excluding hydrogens is 392 g/mol. The average Bonchev–Trinajstić information content (AvgIpc) is 3.60. The van der Waals surface area contributed by atoms with Crippen molar-refractivity contribution in [2.45, 2.75) is 44.8 Å². The van der Waals surface area contributed by atoms with E-state index < -0.39 is 0 Å². The SMILES string of the molecule is CNCC(C)CC(CNC=O)N(C(=O)NCc1ccc2ccc(OC)cc2c1)C1CC1. The number of benzene rings is 2. The van der Waals surface area contributed by atoms with Crippen molar-refractivity contribution in [3.8, 4) is 5.75 Å². The molecule has 7 nitrogen and oxygen atoms in total. The highest BCUT2D eigenvalue weighted by Gasteiger charge is 2.37. The third kappa shape index (κ3) is 6.34. The number of amides is 3. The molecule has 3 N–H and O–H groups in total. The van der Waals surface area contributed by atoms with Gasteiger partial charge in [0.25, 0.3) is 0 Å². The number of nitrogens with zero attached hydrogens (tertiary/aromatic N) is 1. The van der Waals surface area contributed by atoms with Gasteiger partial charge in [-0.1, -0.05) is 25.1 Å². The van der Waals surface area contributed by atoms with Crippen molar-refractivity contribution in [2.24, 2.45) is 5.92 Å². The van der Waals surface area contributed by atoms with E-state index in [-0.39, 0.29) is 18.1 Å². The number of fused-ring (bicyclic) bond motifs is 1. The highest BCUT2D eigenvalue weighted by molar-refractivity contribution is 5.84. The molecule has 0 spiro atoms. The summed E-state index contributed by atoms with van der Waals surface area (Å²) in [5.41, 5.74) is 1.04. The molecule has 2 unspecified atom stereocenters. The van der Waals surface area contributed by atoms with E-state index >= 15 is 0 Å². The van der Waals surface area contributed by atoms with Crippen LogP contribution in [0.3, 0.4) is 0 Å². The van der Waals surface area contributed by atoms with E-state index in [1.807, 2.05) is 36.2 Å². The topological polar surface area (TPSA) is 82.7 Å². The summed E-state index contributed by atoms with van der Waals surface area (Å²) >= 11 is 0. The molecule has 3 rings (SSSR count). The van der Waals surface area contributed by atoms with Crippen molar-refractivity contribution in [1.29, 1.82) is 0 Å². The van der Waals surface area contributed by atoms with E-state index in [2.05, 4.69) is 35.0 Å². The number of nitrogens with one attached hydrogen (secondary N) is 3. The molecule has 168 valence electrons. The Morgan fingerprint density at radius 3 is 2.65 bits per heavy atom. The lowest BCUT2D eigenvalue weighted by Crippen LogP contribution is -2.51. The lowest BCUT2D eigenvalue weighted by atomic mass is 10.00. The highest BCUT2D eigenvalue weighted by atomic mass is 16.5. The molecule has 0 heterocycles. The van der Waals surface area contributed by atoms with Crippen LogP contribution in [0.15, 0.2) is 36.4 Å². The van der Waals surface area contributed by atoms with Gasteiger partial charge in [0.15, 0.2) is 0 Å². The first kappa shape index (κ1) is 22.9. The van der Waals surface area contributed by atoms with Crippen LogP contribution in [0, 0.1) is 5.92 Å². The van der Waals surface area contributed by atoms with E-state index in [0.717, 1.165) is 47.9 Å². The number of carbonyl (C=O) groups excluding carboxylic acids is 2. The van der Waals surface area contributed by atoms with Gasteiger partial charge in [-0.3, -0.25) is 4.79 Å². The summed E-state index contributed by atoms with van der Waals surface area (Å²) in [6, 6.07) is 12.3. The van der Waals surface area contributed by atoms with Gasteiger partial charge >= 0.3 is 6.03 Å². The lowest BCUT2D eigenvalue weighted by molar-refractivity contribution is -0.109. The minimum atomic E-state index is -0.0670. The fourth-order valence-electron chi connectivity index (χ4n) is 4.14. The second kappa shape index (κ2) is 11.0. The van der Waals surface area contributed by atoms with Crippen molar-refractivity contribution in [2.75, 3.05) is 27.2 Å². The minimum absolute atomic E-state index is 0.0260. The number of hydrogen-bond acceptors (Lipinski definition) is 4. The first-order chi connectivity index (χ1) is 15.0. The molecule has 1 saturated carbocycles. The zero-order valence-electron chi connectivity index (χ0n) is 18.7. The molecule has 0 bridgehead atoms. The molecule has 1 aliphatic rings. The number of rotatable bonds is 12. The minimum Gasteiger partial charge on any atom is -0.497 e. The summed E-state index contributed by atoms with van der Waals surface area (Å²) in [6.45, 7) is 3.96. The summed E-state index contributed by atoms with van der Waals surface area (Å²) in [6.07, 6.45) is 3.58. The molecule has 2 aromatic carbocycles. The van der Waals surface area contributed by atoms with E-state index in [1.165, 1.54) is 0 Å². The van der Waals surface area contributed by atoms with Crippen LogP contribution in [0.1, 0.15) is 31.7 Å². The molecular formula is C24H34N4O3. The third-order valence-corrected chi connectivity index (χ3v) is 5.79. The number of urea groups is 1. The maximum atomic E-state index is 13.2. The molecule has 2 aromatic rings. The summed E-state index contributed by atoms with van der Waals surface area (Å²) in [5.74, 6) is 1.21. The predicted molar refractivity (Wildman–Crippen MR) is 123 cm³/mol. The Bertz CT molecular complexity index is 884. The molecule has 7 heteroatoms.